The van der Waals surface area contributed by atoms with Gasteiger partial charge in [0.2, 0.25) is 11.6 Å². The molecule has 3 aromatic rings. The Kier molecular flexibility index (Phi) is 6.67. The maximum Gasteiger partial charge on any atom is 0.322 e. The van der Waals surface area contributed by atoms with Crippen LogP contribution in [0, 0.1) is 0 Å². The van der Waals surface area contributed by atoms with Crippen LogP contribution in [0.2, 0.25) is 0 Å². The molecule has 3 rings (SSSR count). The van der Waals surface area contributed by atoms with E-state index in [-0.39, 0.29) is 17.8 Å². The van der Waals surface area contributed by atoms with E-state index >= 15 is 0 Å². The van der Waals surface area contributed by atoms with Crippen LogP contribution in [0.5, 0.6) is 17.2 Å². The van der Waals surface area contributed by atoms with Crippen LogP contribution in [-0.2, 0) is 0 Å². The molecule has 8 heteroatoms. The zero-order chi connectivity index (χ0) is 20.6. The van der Waals surface area contributed by atoms with Crippen molar-refractivity contribution in [3.8, 4) is 28.7 Å². The van der Waals surface area contributed by atoms with Crippen LogP contribution in [0.1, 0.15) is 31.1 Å². The number of benzene rings is 2. The third-order valence-electron chi connectivity index (χ3n) is 3.84. The Morgan fingerprint density at radius 1 is 0.931 bits per heavy atom. The molecule has 29 heavy (non-hydrogen) atoms. The number of carbonyl (C=O) groups excluding carboxylic acids is 1. The standard InChI is InChI=1S/C21H23N3O5/c1-4-26-16-12-15(13-17(27-5-2)18(16)28-6-3)20-23-24-21(29-20)22-19(25)14-10-8-7-9-11-14/h7-13H,4-6H2,1-3H3,(H,22,24,25). The van der Waals surface area contributed by atoms with Crippen molar-refractivity contribution < 1.29 is 23.4 Å². The maximum atomic E-state index is 12.3. The lowest BCUT2D eigenvalue weighted by Gasteiger charge is -2.16. The summed E-state index contributed by atoms with van der Waals surface area (Å²) in [6.07, 6.45) is 0. The number of ether oxygens (including phenoxy) is 3. The topological polar surface area (TPSA) is 95.7 Å². The summed E-state index contributed by atoms with van der Waals surface area (Å²) in [6.45, 7) is 7.03. The lowest BCUT2D eigenvalue weighted by Crippen LogP contribution is -2.11. The zero-order valence-electron chi connectivity index (χ0n) is 16.6. The molecule has 0 aliphatic rings. The molecular formula is C21H23N3O5. The van der Waals surface area contributed by atoms with Gasteiger partial charge in [0.1, 0.15) is 0 Å². The highest BCUT2D eigenvalue weighted by Gasteiger charge is 2.19. The molecule has 0 fully saturated rings. The molecule has 152 valence electrons. The summed E-state index contributed by atoms with van der Waals surface area (Å²) < 4.78 is 22.7. The van der Waals surface area contributed by atoms with Gasteiger partial charge in [0.05, 0.1) is 19.8 Å². The van der Waals surface area contributed by atoms with Crippen LogP contribution in [-0.4, -0.2) is 35.9 Å². The van der Waals surface area contributed by atoms with Gasteiger partial charge in [0.15, 0.2) is 11.5 Å². The first-order valence-electron chi connectivity index (χ1n) is 9.42. The first kappa shape index (κ1) is 20.2. The Morgan fingerprint density at radius 2 is 1.55 bits per heavy atom. The molecule has 0 unspecified atom stereocenters. The third kappa shape index (κ3) is 4.84. The normalized spacial score (nSPS) is 10.4. The fourth-order valence-electron chi connectivity index (χ4n) is 2.66. The lowest BCUT2D eigenvalue weighted by atomic mass is 10.2. The molecule has 0 spiro atoms. The number of hydrogen-bond acceptors (Lipinski definition) is 7. The van der Waals surface area contributed by atoms with Gasteiger partial charge in [0, 0.05) is 11.1 Å². The van der Waals surface area contributed by atoms with Gasteiger partial charge in [-0.15, -0.1) is 5.10 Å². The molecule has 1 aromatic heterocycles. The van der Waals surface area contributed by atoms with Crippen molar-refractivity contribution in [3.05, 3.63) is 48.0 Å². The summed E-state index contributed by atoms with van der Waals surface area (Å²) in [4.78, 5) is 12.3. The highest BCUT2D eigenvalue weighted by molar-refractivity contribution is 6.03. The molecule has 8 nitrogen and oxygen atoms in total. The van der Waals surface area contributed by atoms with Crippen molar-refractivity contribution in [2.45, 2.75) is 20.8 Å². The second kappa shape index (κ2) is 9.59. The van der Waals surface area contributed by atoms with Crippen molar-refractivity contribution in [3.63, 3.8) is 0 Å². The Morgan fingerprint density at radius 3 is 2.14 bits per heavy atom. The molecular weight excluding hydrogens is 374 g/mol. The second-order valence-corrected chi connectivity index (χ2v) is 5.83. The van der Waals surface area contributed by atoms with E-state index in [0.717, 1.165) is 0 Å². The van der Waals surface area contributed by atoms with Gasteiger partial charge in [-0.3, -0.25) is 10.1 Å². The molecule has 1 amide bonds. The quantitative estimate of drug-likeness (QED) is 0.578. The molecule has 0 saturated heterocycles. The number of aromatic nitrogens is 2. The summed E-state index contributed by atoms with van der Waals surface area (Å²) in [6, 6.07) is 12.3. The predicted octanol–water partition coefficient (Wildman–Crippen LogP) is 4.19. The summed E-state index contributed by atoms with van der Waals surface area (Å²) in [5.74, 6) is 1.44. The first-order valence-corrected chi connectivity index (χ1v) is 9.42. The summed E-state index contributed by atoms with van der Waals surface area (Å²) in [5.41, 5.74) is 1.08. The van der Waals surface area contributed by atoms with Crippen LogP contribution >= 0.6 is 0 Å². The Hall–Kier alpha value is -3.55. The fourth-order valence-corrected chi connectivity index (χ4v) is 2.66. The highest BCUT2D eigenvalue weighted by Crippen LogP contribution is 2.41. The number of nitrogens with zero attached hydrogens (tertiary/aromatic N) is 2. The molecule has 1 heterocycles. The lowest BCUT2D eigenvalue weighted by molar-refractivity contribution is 0.102. The van der Waals surface area contributed by atoms with E-state index in [0.29, 0.717) is 48.2 Å². The monoisotopic (exact) mass is 397 g/mol. The van der Waals surface area contributed by atoms with E-state index in [4.69, 9.17) is 18.6 Å². The number of carbonyl (C=O) groups is 1. The van der Waals surface area contributed by atoms with Crippen LogP contribution < -0.4 is 19.5 Å². The van der Waals surface area contributed by atoms with Gasteiger partial charge in [-0.1, -0.05) is 23.3 Å². The molecule has 0 atom stereocenters. The first-order chi connectivity index (χ1) is 14.2. The van der Waals surface area contributed by atoms with Crippen molar-refractivity contribution in [2.24, 2.45) is 0 Å². The largest absolute Gasteiger partial charge is 0.490 e. The minimum Gasteiger partial charge on any atom is -0.490 e. The molecule has 0 aliphatic heterocycles. The van der Waals surface area contributed by atoms with Gasteiger partial charge in [0.25, 0.3) is 5.91 Å². The van der Waals surface area contributed by atoms with E-state index in [1.54, 1.807) is 36.4 Å². The summed E-state index contributed by atoms with van der Waals surface area (Å²) in [7, 11) is 0. The van der Waals surface area contributed by atoms with E-state index in [1.807, 2.05) is 26.8 Å². The molecule has 0 saturated carbocycles. The van der Waals surface area contributed by atoms with Crippen LogP contribution in [0.15, 0.2) is 46.9 Å². The van der Waals surface area contributed by atoms with Gasteiger partial charge < -0.3 is 18.6 Å². The molecule has 1 N–H and O–H groups in total. The average molecular weight is 397 g/mol. The smallest absolute Gasteiger partial charge is 0.322 e. The minimum atomic E-state index is -0.336. The fraction of sp³-hybridized carbons (Fsp3) is 0.286. The molecule has 0 bridgehead atoms. The highest BCUT2D eigenvalue weighted by atomic mass is 16.5. The molecule has 0 aliphatic carbocycles. The van der Waals surface area contributed by atoms with E-state index in [9.17, 15) is 4.79 Å². The van der Waals surface area contributed by atoms with E-state index < -0.39 is 0 Å². The Bertz CT molecular complexity index is 929. The van der Waals surface area contributed by atoms with Crippen LogP contribution in [0.3, 0.4) is 0 Å². The SMILES string of the molecule is CCOc1cc(-c2nnc(NC(=O)c3ccccc3)o2)cc(OCC)c1OCC. The summed E-state index contributed by atoms with van der Waals surface area (Å²) >= 11 is 0. The average Bonchev–Trinajstić information content (AvgIpc) is 3.19. The number of amides is 1. The second-order valence-electron chi connectivity index (χ2n) is 5.83. The van der Waals surface area contributed by atoms with Crippen LogP contribution in [0.4, 0.5) is 6.01 Å². The predicted molar refractivity (Wildman–Crippen MR) is 108 cm³/mol. The van der Waals surface area contributed by atoms with Crippen molar-refractivity contribution >= 4 is 11.9 Å². The van der Waals surface area contributed by atoms with Gasteiger partial charge >= 0.3 is 6.01 Å². The molecule has 2 aromatic carbocycles. The Balaban J connectivity index is 1.89. The molecule has 0 radical (unpaired) electrons. The van der Waals surface area contributed by atoms with Gasteiger partial charge in [-0.25, -0.2) is 0 Å². The third-order valence-corrected chi connectivity index (χ3v) is 3.84. The van der Waals surface area contributed by atoms with Gasteiger partial charge in [-0.05, 0) is 45.0 Å². The van der Waals surface area contributed by atoms with Crippen LogP contribution in [0.25, 0.3) is 11.5 Å². The van der Waals surface area contributed by atoms with E-state index in [1.165, 1.54) is 0 Å². The number of nitrogens with one attached hydrogen (secondary N) is 1. The van der Waals surface area contributed by atoms with Gasteiger partial charge in [-0.2, -0.15) is 0 Å². The minimum absolute atomic E-state index is 0.00124. The zero-order valence-corrected chi connectivity index (χ0v) is 16.6. The Labute approximate surface area is 168 Å². The van der Waals surface area contributed by atoms with Crippen molar-refractivity contribution in [2.75, 3.05) is 25.1 Å². The summed E-state index contributed by atoms with van der Waals surface area (Å²) in [5, 5.41) is 10.5. The van der Waals surface area contributed by atoms with Crippen molar-refractivity contribution in [1.29, 1.82) is 0 Å². The number of anilines is 1. The maximum absolute atomic E-state index is 12.3. The number of hydrogen-bond donors (Lipinski definition) is 1. The number of rotatable bonds is 9. The van der Waals surface area contributed by atoms with E-state index in [2.05, 4.69) is 15.5 Å². The van der Waals surface area contributed by atoms with Crippen molar-refractivity contribution in [1.82, 2.24) is 10.2 Å².